The number of rotatable bonds is 2. The Balaban J connectivity index is 2.29. The molecule has 0 bridgehead atoms. The number of likely N-dealkylation sites (tertiary alicyclic amines) is 1. The maximum atomic E-state index is 12.3. The largest absolute Gasteiger partial charge is 0.399 e. The summed E-state index contributed by atoms with van der Waals surface area (Å²) in [5.74, 6) is -0.0490. The van der Waals surface area contributed by atoms with Gasteiger partial charge in [0.1, 0.15) is 5.25 Å². The average molecular weight is 317 g/mol. The molecule has 17 heavy (non-hydrogen) atoms. The molecule has 2 N–H and O–H groups in total. The van der Waals surface area contributed by atoms with Crippen molar-refractivity contribution < 1.29 is 9.00 Å². The third-order valence-corrected chi connectivity index (χ3v) is 5.47. The molecular weight excluding hydrogens is 304 g/mol. The molecule has 92 valence electrons. The molecule has 1 heterocycles. The fourth-order valence-corrected chi connectivity index (χ4v) is 4.14. The monoisotopic (exact) mass is 316 g/mol. The number of anilines is 1. The number of carbonyl (C=O) groups is 1. The molecule has 1 amide bonds. The Kier molecular flexibility index (Phi) is 3.53. The minimum absolute atomic E-state index is 0.0490. The van der Waals surface area contributed by atoms with Crippen LogP contribution in [0, 0.1) is 0 Å². The van der Waals surface area contributed by atoms with Gasteiger partial charge in [-0.15, -0.1) is 0 Å². The minimum atomic E-state index is -1.32. The Labute approximate surface area is 111 Å². The molecule has 1 aromatic carbocycles. The van der Waals surface area contributed by atoms with Crippen LogP contribution in [0.5, 0.6) is 0 Å². The van der Waals surface area contributed by atoms with Crippen LogP contribution in [0.3, 0.4) is 0 Å². The van der Waals surface area contributed by atoms with Crippen LogP contribution in [0.1, 0.15) is 6.42 Å². The Morgan fingerprint density at radius 1 is 1.53 bits per heavy atom. The van der Waals surface area contributed by atoms with Gasteiger partial charge in [-0.25, -0.2) is 0 Å². The quantitative estimate of drug-likeness (QED) is 0.838. The molecule has 1 aromatic rings. The molecule has 6 heteroatoms. The first-order valence-corrected chi connectivity index (χ1v) is 7.22. The van der Waals surface area contributed by atoms with E-state index >= 15 is 0 Å². The summed E-state index contributed by atoms with van der Waals surface area (Å²) in [5, 5.41) is -0.431. The van der Waals surface area contributed by atoms with Crippen molar-refractivity contribution in [2.45, 2.75) is 16.6 Å². The van der Waals surface area contributed by atoms with E-state index in [1.807, 2.05) is 0 Å². The van der Waals surface area contributed by atoms with Crippen molar-refractivity contribution in [3.8, 4) is 0 Å². The van der Waals surface area contributed by atoms with Crippen molar-refractivity contribution in [2.24, 2.45) is 0 Å². The summed E-state index contributed by atoms with van der Waals surface area (Å²) in [6.45, 7) is 0.668. The van der Waals surface area contributed by atoms with Gasteiger partial charge in [0, 0.05) is 23.8 Å². The molecule has 1 saturated heterocycles. The lowest BCUT2D eigenvalue weighted by atomic mass is 10.3. The Hall–Kier alpha value is -0.880. The van der Waals surface area contributed by atoms with Gasteiger partial charge in [0.25, 0.3) is 0 Å². The lowest BCUT2D eigenvalue weighted by Crippen LogP contribution is -2.28. The Morgan fingerprint density at radius 3 is 2.76 bits per heavy atom. The van der Waals surface area contributed by atoms with Crippen LogP contribution in [-0.2, 0) is 15.6 Å². The lowest BCUT2D eigenvalue weighted by Gasteiger charge is -2.11. The zero-order chi connectivity index (χ0) is 12.6. The topological polar surface area (TPSA) is 63.4 Å². The van der Waals surface area contributed by atoms with E-state index < -0.39 is 16.0 Å². The van der Waals surface area contributed by atoms with E-state index in [9.17, 15) is 9.00 Å². The molecule has 1 fully saturated rings. The van der Waals surface area contributed by atoms with E-state index in [1.165, 1.54) is 0 Å². The van der Waals surface area contributed by atoms with Gasteiger partial charge in [-0.05, 0) is 40.5 Å². The summed E-state index contributed by atoms with van der Waals surface area (Å²) in [4.78, 5) is 14.0. The summed E-state index contributed by atoms with van der Waals surface area (Å²) in [6.07, 6.45) is 0.638. The zero-order valence-electron chi connectivity index (χ0n) is 9.35. The second-order valence-electron chi connectivity index (χ2n) is 4.02. The molecule has 0 saturated carbocycles. The highest BCUT2D eigenvalue weighted by Crippen LogP contribution is 2.28. The molecule has 1 aliphatic heterocycles. The Bertz CT molecular complexity index is 492. The number of benzene rings is 1. The van der Waals surface area contributed by atoms with Crippen LogP contribution < -0.4 is 5.73 Å². The maximum Gasteiger partial charge on any atom is 0.238 e. The first-order chi connectivity index (χ1) is 8.00. The predicted octanol–water partition coefficient (Wildman–Crippen LogP) is 1.37. The highest BCUT2D eigenvalue weighted by Gasteiger charge is 2.35. The van der Waals surface area contributed by atoms with Crippen molar-refractivity contribution >= 4 is 38.3 Å². The van der Waals surface area contributed by atoms with Crippen molar-refractivity contribution in [1.82, 2.24) is 4.90 Å². The summed E-state index contributed by atoms with van der Waals surface area (Å²) in [5.41, 5.74) is 6.23. The van der Waals surface area contributed by atoms with Gasteiger partial charge in [-0.2, -0.15) is 0 Å². The molecule has 0 aromatic heterocycles. The highest BCUT2D eigenvalue weighted by molar-refractivity contribution is 9.10. The van der Waals surface area contributed by atoms with Gasteiger partial charge in [0.15, 0.2) is 0 Å². The SMILES string of the molecule is CN1CCC(S(=O)c2ccc(N)cc2Br)C1=O. The van der Waals surface area contributed by atoms with E-state index in [0.29, 0.717) is 28.0 Å². The van der Waals surface area contributed by atoms with Gasteiger partial charge in [0.05, 0.1) is 15.7 Å². The fourth-order valence-electron chi connectivity index (χ4n) is 1.82. The standard InChI is InChI=1S/C11H13BrN2O2S/c1-14-5-4-10(11(14)15)17(16)9-3-2-7(13)6-8(9)12/h2-3,6,10H,4-5,13H2,1H3. The third-order valence-electron chi connectivity index (χ3n) is 2.81. The van der Waals surface area contributed by atoms with Crippen LogP contribution in [0.25, 0.3) is 0 Å². The van der Waals surface area contributed by atoms with E-state index in [2.05, 4.69) is 15.9 Å². The summed E-state index contributed by atoms with van der Waals surface area (Å²) >= 11 is 3.33. The van der Waals surface area contributed by atoms with Crippen LogP contribution in [-0.4, -0.2) is 33.9 Å². The molecular formula is C11H13BrN2O2S. The number of halogens is 1. The van der Waals surface area contributed by atoms with Gasteiger partial charge in [0.2, 0.25) is 5.91 Å². The lowest BCUT2D eigenvalue weighted by molar-refractivity contribution is -0.126. The molecule has 2 rings (SSSR count). The van der Waals surface area contributed by atoms with E-state index in [4.69, 9.17) is 5.73 Å². The molecule has 1 aliphatic rings. The first kappa shape index (κ1) is 12.6. The molecule has 2 atom stereocenters. The minimum Gasteiger partial charge on any atom is -0.399 e. The summed E-state index contributed by atoms with van der Waals surface area (Å²) in [7, 11) is 0.411. The highest BCUT2D eigenvalue weighted by atomic mass is 79.9. The van der Waals surface area contributed by atoms with Crippen molar-refractivity contribution in [2.75, 3.05) is 19.3 Å². The second-order valence-corrected chi connectivity index (χ2v) is 6.48. The van der Waals surface area contributed by atoms with Crippen molar-refractivity contribution in [3.63, 3.8) is 0 Å². The molecule has 0 spiro atoms. The molecule has 4 nitrogen and oxygen atoms in total. The zero-order valence-corrected chi connectivity index (χ0v) is 11.8. The molecule has 0 aliphatic carbocycles. The van der Waals surface area contributed by atoms with Gasteiger partial charge >= 0.3 is 0 Å². The number of nitrogen functional groups attached to an aromatic ring is 1. The first-order valence-electron chi connectivity index (χ1n) is 5.21. The Morgan fingerprint density at radius 2 is 2.24 bits per heavy atom. The number of hydrogen-bond acceptors (Lipinski definition) is 3. The van der Waals surface area contributed by atoms with Gasteiger partial charge in [-0.1, -0.05) is 0 Å². The second kappa shape index (κ2) is 4.78. The molecule has 0 radical (unpaired) electrons. The summed E-state index contributed by atoms with van der Waals surface area (Å²) < 4.78 is 13.0. The van der Waals surface area contributed by atoms with E-state index in [0.717, 1.165) is 0 Å². The normalized spacial score (nSPS) is 21.9. The van der Waals surface area contributed by atoms with Crippen LogP contribution in [0.15, 0.2) is 27.6 Å². The van der Waals surface area contributed by atoms with Crippen LogP contribution >= 0.6 is 15.9 Å². The number of nitrogens with two attached hydrogens (primary N) is 1. The van der Waals surface area contributed by atoms with E-state index in [1.54, 1.807) is 30.1 Å². The van der Waals surface area contributed by atoms with Crippen molar-refractivity contribution in [1.29, 1.82) is 0 Å². The van der Waals surface area contributed by atoms with Crippen LogP contribution in [0.2, 0.25) is 0 Å². The average Bonchev–Trinajstić information content (AvgIpc) is 2.59. The number of hydrogen-bond donors (Lipinski definition) is 1. The number of nitrogens with zero attached hydrogens (tertiary/aromatic N) is 1. The van der Waals surface area contributed by atoms with Gasteiger partial charge in [-0.3, -0.25) is 9.00 Å². The van der Waals surface area contributed by atoms with Crippen molar-refractivity contribution in [3.05, 3.63) is 22.7 Å². The fraction of sp³-hybridized carbons (Fsp3) is 0.364. The van der Waals surface area contributed by atoms with Crippen LogP contribution in [0.4, 0.5) is 5.69 Å². The predicted molar refractivity (Wildman–Crippen MR) is 71.0 cm³/mol. The van der Waals surface area contributed by atoms with E-state index in [-0.39, 0.29) is 5.91 Å². The maximum absolute atomic E-state index is 12.3. The number of carbonyl (C=O) groups excluding carboxylic acids is 1. The smallest absolute Gasteiger partial charge is 0.238 e. The molecule has 2 unspecified atom stereocenters. The number of amides is 1. The third kappa shape index (κ3) is 2.37. The summed E-state index contributed by atoms with van der Waals surface area (Å²) in [6, 6.07) is 5.11. The van der Waals surface area contributed by atoms with Gasteiger partial charge < -0.3 is 10.6 Å².